The first kappa shape index (κ1) is 13.9. The van der Waals surface area contributed by atoms with Gasteiger partial charge in [0.25, 0.3) is 0 Å². The third-order valence-electron chi connectivity index (χ3n) is 2.77. The first-order valence-corrected chi connectivity index (χ1v) is 7.29. The van der Waals surface area contributed by atoms with Gasteiger partial charge in [0, 0.05) is 26.8 Å². The van der Waals surface area contributed by atoms with Gasteiger partial charge >= 0.3 is 0 Å². The van der Waals surface area contributed by atoms with Gasteiger partial charge in [-0.05, 0) is 25.3 Å². The van der Waals surface area contributed by atoms with Gasteiger partial charge in [0.2, 0.25) is 10.0 Å². The first-order valence-electron chi connectivity index (χ1n) is 5.74. The van der Waals surface area contributed by atoms with Crippen molar-refractivity contribution in [2.75, 3.05) is 33.4 Å². The van der Waals surface area contributed by atoms with Crippen molar-refractivity contribution < 1.29 is 13.2 Å². The summed E-state index contributed by atoms with van der Waals surface area (Å²) < 4.78 is 31.4. The lowest BCUT2D eigenvalue weighted by Crippen LogP contribution is -2.45. The molecular formula is C10H22N2O3S. The Morgan fingerprint density at radius 3 is 2.88 bits per heavy atom. The lowest BCUT2D eigenvalue weighted by Gasteiger charge is -2.23. The van der Waals surface area contributed by atoms with Crippen LogP contribution in [0.3, 0.4) is 0 Å². The molecular weight excluding hydrogens is 228 g/mol. The molecule has 1 fully saturated rings. The second-order valence-corrected chi connectivity index (χ2v) is 6.47. The number of ether oxygens (including phenoxy) is 1. The van der Waals surface area contributed by atoms with Crippen LogP contribution < -0.4 is 10.0 Å². The molecule has 0 bridgehead atoms. The molecule has 0 aromatic carbocycles. The Kier molecular flexibility index (Phi) is 5.68. The molecule has 1 rings (SSSR count). The summed E-state index contributed by atoms with van der Waals surface area (Å²) in [5.41, 5.74) is 0. The fourth-order valence-electron chi connectivity index (χ4n) is 1.80. The Hall–Kier alpha value is -0.170. The van der Waals surface area contributed by atoms with Crippen molar-refractivity contribution in [3.63, 3.8) is 0 Å². The fourth-order valence-corrected chi connectivity index (χ4v) is 3.37. The predicted molar refractivity (Wildman–Crippen MR) is 63.9 cm³/mol. The van der Waals surface area contributed by atoms with E-state index >= 15 is 0 Å². The topological polar surface area (TPSA) is 67.4 Å². The van der Waals surface area contributed by atoms with Crippen LogP contribution in [0.5, 0.6) is 0 Å². The molecule has 1 saturated heterocycles. The Labute approximate surface area is 98.0 Å². The van der Waals surface area contributed by atoms with Crippen LogP contribution in [0.2, 0.25) is 0 Å². The molecule has 16 heavy (non-hydrogen) atoms. The molecule has 0 spiro atoms. The van der Waals surface area contributed by atoms with E-state index in [1.165, 1.54) is 0 Å². The number of piperidine rings is 1. The molecule has 0 aromatic heterocycles. The van der Waals surface area contributed by atoms with Crippen LogP contribution in [-0.4, -0.2) is 47.0 Å². The van der Waals surface area contributed by atoms with E-state index in [1.54, 1.807) is 7.11 Å². The van der Waals surface area contributed by atoms with E-state index < -0.39 is 10.0 Å². The molecule has 1 aliphatic heterocycles. The molecule has 96 valence electrons. The van der Waals surface area contributed by atoms with Gasteiger partial charge in [-0.3, -0.25) is 0 Å². The van der Waals surface area contributed by atoms with Gasteiger partial charge < -0.3 is 10.1 Å². The van der Waals surface area contributed by atoms with Gasteiger partial charge in [-0.25, -0.2) is 13.1 Å². The van der Waals surface area contributed by atoms with E-state index in [1.807, 2.05) is 6.92 Å². The molecule has 0 saturated carbocycles. The van der Waals surface area contributed by atoms with Crippen LogP contribution in [0.4, 0.5) is 0 Å². The average Bonchev–Trinajstić information content (AvgIpc) is 2.28. The zero-order valence-electron chi connectivity index (χ0n) is 10.0. The van der Waals surface area contributed by atoms with Crippen LogP contribution in [0.25, 0.3) is 0 Å². The highest BCUT2D eigenvalue weighted by Gasteiger charge is 2.26. The average molecular weight is 250 g/mol. The maximum absolute atomic E-state index is 11.9. The van der Waals surface area contributed by atoms with Gasteiger partial charge in [0.15, 0.2) is 0 Å². The molecule has 6 heteroatoms. The summed E-state index contributed by atoms with van der Waals surface area (Å²) in [6, 6.07) is 0. The third kappa shape index (κ3) is 4.37. The minimum atomic E-state index is -3.16. The maximum atomic E-state index is 11.9. The predicted octanol–water partition coefficient (Wildman–Crippen LogP) is -0.0597. The second-order valence-electron chi connectivity index (χ2n) is 4.42. The Balaban J connectivity index is 2.38. The molecule has 5 nitrogen and oxygen atoms in total. The summed E-state index contributed by atoms with van der Waals surface area (Å²) in [6.45, 7) is 4.48. The molecule has 1 aliphatic rings. The molecule has 1 heterocycles. The molecule has 0 amide bonds. The van der Waals surface area contributed by atoms with E-state index in [0.717, 1.165) is 19.4 Å². The van der Waals surface area contributed by atoms with E-state index in [2.05, 4.69) is 10.0 Å². The molecule has 2 unspecified atom stereocenters. The maximum Gasteiger partial charge on any atom is 0.215 e. The Morgan fingerprint density at radius 1 is 1.56 bits per heavy atom. The summed E-state index contributed by atoms with van der Waals surface area (Å²) in [4.78, 5) is 0. The summed E-state index contributed by atoms with van der Waals surface area (Å²) in [5, 5.41) is 2.83. The van der Waals surface area contributed by atoms with Crippen molar-refractivity contribution in [1.29, 1.82) is 0 Å². The monoisotopic (exact) mass is 250 g/mol. The van der Waals surface area contributed by atoms with E-state index in [-0.39, 0.29) is 11.2 Å². The smallest absolute Gasteiger partial charge is 0.215 e. The SMILES string of the molecule is COCC(C)CNS(=O)(=O)C1CCCNC1. The van der Waals surface area contributed by atoms with Gasteiger partial charge in [0.05, 0.1) is 5.25 Å². The molecule has 0 aliphatic carbocycles. The molecule has 2 atom stereocenters. The number of rotatable bonds is 6. The number of methoxy groups -OCH3 is 1. The lowest BCUT2D eigenvalue weighted by molar-refractivity contribution is 0.161. The first-order chi connectivity index (χ1) is 7.56. The minimum absolute atomic E-state index is 0.205. The lowest BCUT2D eigenvalue weighted by atomic mass is 10.2. The van der Waals surface area contributed by atoms with E-state index in [4.69, 9.17) is 4.74 Å². The largest absolute Gasteiger partial charge is 0.384 e. The van der Waals surface area contributed by atoms with E-state index in [0.29, 0.717) is 19.7 Å². The quantitative estimate of drug-likeness (QED) is 0.693. The summed E-state index contributed by atoms with van der Waals surface area (Å²) in [5.74, 6) is 0.205. The highest BCUT2D eigenvalue weighted by molar-refractivity contribution is 7.90. The minimum Gasteiger partial charge on any atom is -0.384 e. The number of hydrogen-bond acceptors (Lipinski definition) is 4. The van der Waals surface area contributed by atoms with Crippen molar-refractivity contribution >= 4 is 10.0 Å². The zero-order valence-corrected chi connectivity index (χ0v) is 10.8. The van der Waals surface area contributed by atoms with Gasteiger partial charge in [-0.15, -0.1) is 0 Å². The third-order valence-corrected chi connectivity index (χ3v) is 4.62. The van der Waals surface area contributed by atoms with Crippen LogP contribution in [-0.2, 0) is 14.8 Å². The van der Waals surface area contributed by atoms with Crippen molar-refractivity contribution in [1.82, 2.24) is 10.0 Å². The summed E-state index contributed by atoms with van der Waals surface area (Å²) in [6.07, 6.45) is 1.68. The Morgan fingerprint density at radius 2 is 2.31 bits per heavy atom. The van der Waals surface area contributed by atoms with Crippen molar-refractivity contribution in [2.24, 2.45) is 5.92 Å². The van der Waals surface area contributed by atoms with Crippen molar-refractivity contribution in [3.05, 3.63) is 0 Å². The van der Waals surface area contributed by atoms with Crippen molar-refractivity contribution in [3.8, 4) is 0 Å². The molecule has 0 radical (unpaired) electrons. The van der Waals surface area contributed by atoms with E-state index in [9.17, 15) is 8.42 Å². The number of nitrogens with one attached hydrogen (secondary N) is 2. The van der Waals surface area contributed by atoms with Crippen LogP contribution >= 0.6 is 0 Å². The van der Waals surface area contributed by atoms with Crippen LogP contribution in [0, 0.1) is 5.92 Å². The second kappa shape index (κ2) is 6.54. The molecule has 2 N–H and O–H groups in total. The molecule has 0 aromatic rings. The van der Waals surface area contributed by atoms with Crippen molar-refractivity contribution in [2.45, 2.75) is 25.0 Å². The summed E-state index contributed by atoms with van der Waals surface area (Å²) >= 11 is 0. The standard InChI is InChI=1S/C10H22N2O3S/c1-9(8-15-2)6-12-16(13,14)10-4-3-5-11-7-10/h9-12H,3-8H2,1-2H3. The van der Waals surface area contributed by atoms with Crippen LogP contribution in [0.15, 0.2) is 0 Å². The number of hydrogen-bond donors (Lipinski definition) is 2. The van der Waals surface area contributed by atoms with Gasteiger partial charge in [-0.1, -0.05) is 6.92 Å². The van der Waals surface area contributed by atoms with Gasteiger partial charge in [-0.2, -0.15) is 0 Å². The normalized spacial score (nSPS) is 24.2. The fraction of sp³-hybridized carbons (Fsp3) is 1.00. The highest BCUT2D eigenvalue weighted by atomic mass is 32.2. The highest BCUT2D eigenvalue weighted by Crippen LogP contribution is 2.10. The number of sulfonamides is 1. The van der Waals surface area contributed by atoms with Gasteiger partial charge in [0.1, 0.15) is 0 Å². The Bertz CT molecular complexity index is 286. The zero-order chi connectivity index (χ0) is 12.0. The summed E-state index contributed by atoms with van der Waals surface area (Å²) in [7, 11) is -1.54. The van der Waals surface area contributed by atoms with Crippen LogP contribution in [0.1, 0.15) is 19.8 Å².